The summed E-state index contributed by atoms with van der Waals surface area (Å²) in [7, 11) is 0. The van der Waals surface area contributed by atoms with Gasteiger partial charge in [0.05, 0.1) is 39.6 Å². The second-order valence-corrected chi connectivity index (χ2v) is 22.1. The fraction of sp³-hybridized carbons (Fsp3) is 0.536. The Balaban J connectivity index is 1.65. The molecule has 2 N–H and O–H groups in total. The van der Waals surface area contributed by atoms with E-state index in [0.29, 0.717) is 60.2 Å². The van der Waals surface area contributed by atoms with Crippen LogP contribution in [0.5, 0.6) is 23.0 Å². The molecule has 10 bridgehead atoms. The van der Waals surface area contributed by atoms with Crippen molar-refractivity contribution in [3.05, 3.63) is 115 Å². The summed E-state index contributed by atoms with van der Waals surface area (Å²) in [5, 5.41) is 25.1. The highest BCUT2D eigenvalue weighted by Crippen LogP contribution is 2.44. The molecule has 4 aromatic rings. The topological polar surface area (TPSA) is 139 Å². The van der Waals surface area contributed by atoms with Crippen LogP contribution in [-0.4, -0.2) is 88.2 Å². The summed E-state index contributed by atoms with van der Waals surface area (Å²) in [6, 6.07) is 16.7. The van der Waals surface area contributed by atoms with Crippen molar-refractivity contribution in [3.8, 4) is 23.0 Å². The molecule has 1 aliphatic heterocycles. The Morgan fingerprint density at radius 1 is 0.343 bits per heavy atom. The lowest BCUT2D eigenvalue weighted by atomic mass is 9.79. The third-order valence-electron chi connectivity index (χ3n) is 12.4. The average Bonchev–Trinajstić information content (AvgIpc) is 3.22. The molecule has 364 valence electrons. The summed E-state index contributed by atoms with van der Waals surface area (Å²) < 4.78 is 41.2. The van der Waals surface area contributed by atoms with Gasteiger partial charge in [-0.2, -0.15) is 0 Å². The number of esters is 2. The summed E-state index contributed by atoms with van der Waals surface area (Å²) in [6.45, 7) is 26.8. The highest BCUT2D eigenvalue weighted by molar-refractivity contribution is 5.72. The van der Waals surface area contributed by atoms with E-state index in [1.54, 1.807) is 0 Å². The zero-order valence-corrected chi connectivity index (χ0v) is 42.1. The predicted molar refractivity (Wildman–Crippen MR) is 260 cm³/mol. The lowest BCUT2D eigenvalue weighted by molar-refractivity contribution is -0.148. The Hall–Kier alpha value is -5.10. The number of phenolic OH excluding ortho intramolecular Hbond substituents is 2. The van der Waals surface area contributed by atoms with E-state index in [0.717, 1.165) is 44.5 Å². The van der Waals surface area contributed by atoms with E-state index in [1.165, 1.54) is 0 Å². The summed E-state index contributed by atoms with van der Waals surface area (Å²) in [5.74, 6) is 0.158. The normalized spacial score (nSPS) is 16.9. The van der Waals surface area contributed by atoms with E-state index in [9.17, 15) is 19.8 Å². The van der Waals surface area contributed by atoms with Crippen LogP contribution >= 0.6 is 0 Å². The van der Waals surface area contributed by atoms with Gasteiger partial charge < -0.3 is 43.4 Å². The minimum Gasteiger partial charge on any atom is -0.507 e. The number of cyclic esters (lactones) is 2. The first-order valence-corrected chi connectivity index (χ1v) is 23.7. The van der Waals surface area contributed by atoms with Crippen molar-refractivity contribution >= 4 is 11.9 Å². The third kappa shape index (κ3) is 13.5. The monoisotopic (exact) mass is 923 g/mol. The molecule has 0 saturated carbocycles. The minimum atomic E-state index is -0.553. The molecular weight excluding hydrogens is 849 g/mol. The Bertz CT molecular complexity index is 2140. The molecule has 11 heteroatoms. The van der Waals surface area contributed by atoms with Crippen LogP contribution in [0, 0.1) is 0 Å². The number of carbonyl (C=O) groups is 2. The smallest absolute Gasteiger partial charge is 0.344 e. The standard InChI is InChI=1S/C56H74O11/c1-53(2,3)43-25-35-21-39-29-45(55(7,8)9)31-41-23-37-27-44(54(4,5)6)28-38(50(37)60)24-42-32-46(56(10,11)12)30-40(22-36(26-43)49(35)59)52(42)67-34-48(58)65-20-18-63-16-14-61-13-15-62-17-19-64-47(57)33-66-51(39)41/h25-32,59-60H,13-24,33-34H2,1-12H3. The van der Waals surface area contributed by atoms with Gasteiger partial charge in [-0.1, -0.05) is 132 Å². The van der Waals surface area contributed by atoms with Gasteiger partial charge >= 0.3 is 11.9 Å². The first-order chi connectivity index (χ1) is 31.4. The van der Waals surface area contributed by atoms with Crippen molar-refractivity contribution in [2.45, 2.75) is 130 Å². The van der Waals surface area contributed by atoms with Gasteiger partial charge in [-0.25, -0.2) is 9.59 Å². The molecule has 2 aliphatic rings. The number of hydrogen-bond acceptors (Lipinski definition) is 11. The number of carbonyl (C=O) groups excluding carboxylic acids is 2. The molecule has 67 heavy (non-hydrogen) atoms. The highest BCUT2D eigenvalue weighted by Gasteiger charge is 2.29. The number of ether oxygens (including phenoxy) is 7. The Morgan fingerprint density at radius 3 is 0.806 bits per heavy atom. The van der Waals surface area contributed by atoms with E-state index in [4.69, 9.17) is 33.2 Å². The van der Waals surface area contributed by atoms with Crippen molar-refractivity contribution in [3.63, 3.8) is 0 Å². The molecule has 0 aromatic heterocycles. The van der Waals surface area contributed by atoms with Crippen LogP contribution in [0.3, 0.4) is 0 Å². The van der Waals surface area contributed by atoms with Gasteiger partial charge in [-0.05, 0) is 88.4 Å². The molecule has 0 saturated heterocycles. The summed E-state index contributed by atoms with van der Waals surface area (Å²) >= 11 is 0. The minimum absolute atomic E-state index is 0.0330. The lowest BCUT2D eigenvalue weighted by Gasteiger charge is -2.28. The van der Waals surface area contributed by atoms with Gasteiger partial charge in [-0.3, -0.25) is 0 Å². The first-order valence-electron chi connectivity index (χ1n) is 23.7. The highest BCUT2D eigenvalue weighted by atomic mass is 16.6. The number of fused-ring (bicyclic) bond motifs is 2. The third-order valence-corrected chi connectivity index (χ3v) is 12.4. The summed E-state index contributed by atoms with van der Waals surface area (Å²) in [6.07, 6.45) is 1.08. The molecular formula is C56H74O11. The van der Waals surface area contributed by atoms with Crippen LogP contribution in [0.15, 0.2) is 48.5 Å². The van der Waals surface area contributed by atoms with E-state index >= 15 is 0 Å². The lowest BCUT2D eigenvalue weighted by Crippen LogP contribution is -2.21. The Kier molecular flexibility index (Phi) is 16.1. The maximum atomic E-state index is 13.4. The van der Waals surface area contributed by atoms with Crippen LogP contribution < -0.4 is 9.47 Å². The molecule has 0 spiro atoms. The molecule has 1 aliphatic carbocycles. The van der Waals surface area contributed by atoms with Gasteiger partial charge in [0.2, 0.25) is 0 Å². The van der Waals surface area contributed by atoms with E-state index in [2.05, 4.69) is 132 Å². The molecule has 4 aromatic carbocycles. The number of aromatic hydroxyl groups is 2. The molecule has 1 heterocycles. The molecule has 11 nitrogen and oxygen atoms in total. The Labute approximate surface area is 398 Å². The average molecular weight is 923 g/mol. The van der Waals surface area contributed by atoms with Crippen molar-refractivity contribution < 1.29 is 53.0 Å². The van der Waals surface area contributed by atoms with Crippen molar-refractivity contribution in [1.29, 1.82) is 0 Å². The van der Waals surface area contributed by atoms with Gasteiger partial charge in [-0.15, -0.1) is 0 Å². The molecule has 0 fully saturated rings. The van der Waals surface area contributed by atoms with Crippen molar-refractivity contribution in [1.82, 2.24) is 0 Å². The van der Waals surface area contributed by atoms with Crippen LogP contribution in [0.4, 0.5) is 0 Å². The Morgan fingerprint density at radius 2 is 0.567 bits per heavy atom. The van der Waals surface area contributed by atoms with E-state index < -0.39 is 11.9 Å². The molecule has 0 amide bonds. The maximum absolute atomic E-state index is 13.4. The zero-order chi connectivity index (χ0) is 48.9. The van der Waals surface area contributed by atoms with Crippen LogP contribution in [0.25, 0.3) is 0 Å². The van der Waals surface area contributed by atoms with Gasteiger partial charge in [0, 0.05) is 25.7 Å². The maximum Gasteiger partial charge on any atom is 0.344 e. The second-order valence-electron chi connectivity index (χ2n) is 22.1. The fourth-order valence-electron chi connectivity index (χ4n) is 8.33. The quantitative estimate of drug-likeness (QED) is 0.144. The molecule has 0 atom stereocenters. The predicted octanol–water partition coefficient (Wildman–Crippen LogP) is 9.87. The molecule has 6 rings (SSSR count). The van der Waals surface area contributed by atoms with Crippen LogP contribution in [0.1, 0.15) is 150 Å². The molecule has 0 unspecified atom stereocenters. The first kappa shape index (κ1) is 51.3. The number of hydrogen-bond donors (Lipinski definition) is 2. The fourth-order valence-corrected chi connectivity index (χ4v) is 8.33. The molecule has 0 radical (unpaired) electrons. The number of rotatable bonds is 0. The summed E-state index contributed by atoms with van der Waals surface area (Å²) in [4.78, 5) is 26.7. The van der Waals surface area contributed by atoms with Gasteiger partial charge in [0.25, 0.3) is 0 Å². The SMILES string of the molecule is CC(C)(C)c1cc2c(O)c(c1)Cc1cc(C(C)(C)C)cc3c1OCC(=O)OCCOCCOCCOCCOC(=O)COc1c(cc(C(C)(C)C)cc1Cc1cc(C(C)(C)C)cc(c1O)C3)C2. The van der Waals surface area contributed by atoms with Crippen LogP contribution in [-0.2, 0) is 80.6 Å². The second kappa shape index (κ2) is 21.0. The van der Waals surface area contributed by atoms with E-state index in [1.807, 2.05) is 0 Å². The number of benzene rings is 4. The van der Waals surface area contributed by atoms with Crippen molar-refractivity contribution in [2.75, 3.05) is 66.1 Å². The van der Waals surface area contributed by atoms with Crippen molar-refractivity contribution in [2.24, 2.45) is 0 Å². The summed E-state index contributed by atoms with van der Waals surface area (Å²) in [5.41, 5.74) is 8.81. The number of phenols is 2. The largest absolute Gasteiger partial charge is 0.507 e. The van der Waals surface area contributed by atoms with Gasteiger partial charge in [0.1, 0.15) is 36.2 Å². The van der Waals surface area contributed by atoms with Crippen LogP contribution in [0.2, 0.25) is 0 Å². The van der Waals surface area contributed by atoms with Gasteiger partial charge in [0.15, 0.2) is 13.2 Å². The zero-order valence-electron chi connectivity index (χ0n) is 42.1. The van der Waals surface area contributed by atoms with E-state index in [-0.39, 0.29) is 98.5 Å².